The summed E-state index contributed by atoms with van der Waals surface area (Å²) in [7, 11) is 1.55. The number of hydrogen-bond donors (Lipinski definition) is 3. The van der Waals surface area contributed by atoms with Crippen LogP contribution in [0.5, 0.6) is 0 Å². The fraction of sp³-hybridized carbons (Fsp3) is 0.438. The van der Waals surface area contributed by atoms with E-state index in [9.17, 15) is 9.18 Å². The second kappa shape index (κ2) is 8.13. The summed E-state index contributed by atoms with van der Waals surface area (Å²) in [5.41, 5.74) is 0.429. The molecule has 0 saturated carbocycles. The average molecular weight is 319 g/mol. The highest BCUT2D eigenvalue weighted by atomic mass is 19.1. The summed E-state index contributed by atoms with van der Waals surface area (Å²) < 4.78 is 13.7. The molecule has 1 rings (SSSR count). The molecule has 0 atom stereocenters. The number of aliphatic imine (C=N–C) groups is 1. The minimum absolute atomic E-state index is 0.0532. The van der Waals surface area contributed by atoms with E-state index in [2.05, 4.69) is 20.9 Å². The average Bonchev–Trinajstić information content (AvgIpc) is 2.47. The zero-order valence-corrected chi connectivity index (χ0v) is 13.8. The second-order valence-corrected chi connectivity index (χ2v) is 6.00. The summed E-state index contributed by atoms with van der Waals surface area (Å²) in [4.78, 5) is 15.7. The monoisotopic (exact) mass is 319 g/mol. The van der Waals surface area contributed by atoms with Crippen LogP contribution in [0.15, 0.2) is 23.2 Å². The van der Waals surface area contributed by atoms with Gasteiger partial charge in [0.2, 0.25) is 5.91 Å². The van der Waals surface area contributed by atoms with Crippen molar-refractivity contribution in [2.75, 3.05) is 13.6 Å². The number of carbonyl (C=O) groups excluding carboxylic acids is 1. The van der Waals surface area contributed by atoms with Crippen molar-refractivity contribution < 1.29 is 9.18 Å². The minimum atomic E-state index is -0.405. The van der Waals surface area contributed by atoms with Crippen LogP contribution in [-0.2, 0) is 11.3 Å². The van der Waals surface area contributed by atoms with Gasteiger partial charge in [-0.15, -0.1) is 0 Å². The Bertz CT molecular complexity index is 628. The largest absolute Gasteiger partial charge is 0.352 e. The first-order valence-corrected chi connectivity index (χ1v) is 7.19. The number of benzene rings is 1. The fourth-order valence-corrected chi connectivity index (χ4v) is 1.81. The highest BCUT2D eigenvalue weighted by molar-refractivity contribution is 5.86. The third-order valence-electron chi connectivity index (χ3n) is 2.78. The first kappa shape index (κ1) is 18.4. The summed E-state index contributed by atoms with van der Waals surface area (Å²) in [6.45, 7) is 5.88. The molecule has 0 unspecified atom stereocenters. The van der Waals surface area contributed by atoms with Crippen LogP contribution in [0.1, 0.15) is 31.9 Å². The van der Waals surface area contributed by atoms with E-state index in [-0.39, 0.29) is 24.5 Å². The molecule has 0 heterocycles. The van der Waals surface area contributed by atoms with Gasteiger partial charge in [-0.1, -0.05) is 0 Å². The molecule has 0 saturated heterocycles. The van der Waals surface area contributed by atoms with E-state index in [4.69, 9.17) is 5.26 Å². The van der Waals surface area contributed by atoms with Crippen molar-refractivity contribution >= 4 is 11.9 Å². The number of guanidine groups is 1. The topological polar surface area (TPSA) is 89.3 Å². The predicted molar refractivity (Wildman–Crippen MR) is 87.2 cm³/mol. The molecular weight excluding hydrogens is 297 g/mol. The lowest BCUT2D eigenvalue weighted by atomic mass is 10.1. The van der Waals surface area contributed by atoms with Gasteiger partial charge in [-0.3, -0.25) is 9.79 Å². The van der Waals surface area contributed by atoms with Crippen molar-refractivity contribution in [3.05, 3.63) is 35.1 Å². The SMILES string of the molecule is CN=C(NCC(=O)NC(C)(C)C)NCc1cc(C#N)ccc1F. The molecule has 0 fully saturated rings. The van der Waals surface area contributed by atoms with Gasteiger partial charge in [0.1, 0.15) is 5.82 Å². The van der Waals surface area contributed by atoms with E-state index in [1.807, 2.05) is 26.8 Å². The maximum atomic E-state index is 13.7. The van der Waals surface area contributed by atoms with Crippen LogP contribution in [0, 0.1) is 17.1 Å². The molecule has 0 spiro atoms. The van der Waals surface area contributed by atoms with Crippen LogP contribution < -0.4 is 16.0 Å². The molecule has 0 aliphatic carbocycles. The Labute approximate surface area is 135 Å². The number of nitriles is 1. The normalized spacial score (nSPS) is 11.6. The quantitative estimate of drug-likeness (QED) is 0.576. The van der Waals surface area contributed by atoms with Gasteiger partial charge in [-0.05, 0) is 39.0 Å². The summed E-state index contributed by atoms with van der Waals surface area (Å²) in [6, 6.07) is 6.11. The number of hydrogen-bond acceptors (Lipinski definition) is 3. The maximum Gasteiger partial charge on any atom is 0.239 e. The molecule has 0 bridgehead atoms. The van der Waals surface area contributed by atoms with Crippen LogP contribution in [0.4, 0.5) is 4.39 Å². The molecule has 23 heavy (non-hydrogen) atoms. The zero-order valence-electron chi connectivity index (χ0n) is 13.8. The van der Waals surface area contributed by atoms with Crippen LogP contribution in [0.2, 0.25) is 0 Å². The predicted octanol–water partition coefficient (Wildman–Crippen LogP) is 1.28. The molecule has 0 radical (unpaired) electrons. The maximum absolute atomic E-state index is 13.7. The van der Waals surface area contributed by atoms with Gasteiger partial charge in [0.25, 0.3) is 0 Å². The summed E-state index contributed by atoms with van der Waals surface area (Å²) in [5, 5.41) is 17.4. The molecule has 1 amide bonds. The van der Waals surface area contributed by atoms with Crippen molar-refractivity contribution in [2.24, 2.45) is 4.99 Å². The van der Waals surface area contributed by atoms with Crippen molar-refractivity contribution in [2.45, 2.75) is 32.9 Å². The fourth-order valence-electron chi connectivity index (χ4n) is 1.81. The highest BCUT2D eigenvalue weighted by Crippen LogP contribution is 2.09. The van der Waals surface area contributed by atoms with E-state index < -0.39 is 5.82 Å². The summed E-state index contributed by atoms with van der Waals surface area (Å²) in [6.07, 6.45) is 0. The minimum Gasteiger partial charge on any atom is -0.352 e. The third kappa shape index (κ3) is 6.78. The van der Waals surface area contributed by atoms with Crippen LogP contribution in [0.3, 0.4) is 0 Å². The van der Waals surface area contributed by atoms with Gasteiger partial charge in [-0.2, -0.15) is 5.26 Å². The number of rotatable bonds is 4. The lowest BCUT2D eigenvalue weighted by Gasteiger charge is -2.21. The van der Waals surface area contributed by atoms with E-state index >= 15 is 0 Å². The van der Waals surface area contributed by atoms with Gasteiger partial charge < -0.3 is 16.0 Å². The number of amides is 1. The van der Waals surface area contributed by atoms with Gasteiger partial charge in [0.15, 0.2) is 5.96 Å². The zero-order chi connectivity index (χ0) is 17.5. The molecule has 1 aromatic rings. The summed E-state index contributed by atoms with van der Waals surface area (Å²) in [5.74, 6) is -0.202. The van der Waals surface area contributed by atoms with Crippen LogP contribution in [-0.4, -0.2) is 31.0 Å². The van der Waals surface area contributed by atoms with E-state index in [1.165, 1.54) is 18.2 Å². The third-order valence-corrected chi connectivity index (χ3v) is 2.78. The van der Waals surface area contributed by atoms with Crippen molar-refractivity contribution in [3.63, 3.8) is 0 Å². The standard InChI is InChI=1S/C16H22FN5O/c1-16(2,3)22-14(23)10-21-15(19-4)20-9-12-7-11(8-18)5-6-13(12)17/h5-7H,9-10H2,1-4H3,(H,22,23)(H2,19,20,21). The lowest BCUT2D eigenvalue weighted by Crippen LogP contribution is -2.48. The number of nitrogens with one attached hydrogen (secondary N) is 3. The first-order valence-electron chi connectivity index (χ1n) is 7.19. The van der Waals surface area contributed by atoms with Crippen LogP contribution in [0.25, 0.3) is 0 Å². The van der Waals surface area contributed by atoms with E-state index in [0.29, 0.717) is 17.1 Å². The summed E-state index contributed by atoms with van der Waals surface area (Å²) >= 11 is 0. The molecular formula is C16H22FN5O. The van der Waals surface area contributed by atoms with E-state index in [0.717, 1.165) is 0 Å². The molecule has 3 N–H and O–H groups in total. The van der Waals surface area contributed by atoms with Crippen molar-refractivity contribution in [3.8, 4) is 6.07 Å². The molecule has 0 aliphatic rings. The Balaban J connectivity index is 2.55. The van der Waals surface area contributed by atoms with Gasteiger partial charge >= 0.3 is 0 Å². The molecule has 6 nitrogen and oxygen atoms in total. The van der Waals surface area contributed by atoms with Crippen molar-refractivity contribution in [1.29, 1.82) is 5.26 Å². The molecule has 7 heteroatoms. The smallest absolute Gasteiger partial charge is 0.239 e. The Morgan fingerprint density at radius 1 is 1.35 bits per heavy atom. The molecule has 124 valence electrons. The Kier molecular flexibility index (Phi) is 6.51. The Morgan fingerprint density at radius 3 is 2.61 bits per heavy atom. The van der Waals surface area contributed by atoms with E-state index in [1.54, 1.807) is 7.05 Å². The number of nitrogens with zero attached hydrogens (tertiary/aromatic N) is 2. The number of carbonyl (C=O) groups is 1. The van der Waals surface area contributed by atoms with Crippen LogP contribution >= 0.6 is 0 Å². The molecule has 0 aliphatic heterocycles. The molecule has 0 aromatic heterocycles. The number of halogens is 1. The van der Waals surface area contributed by atoms with Gasteiger partial charge in [0.05, 0.1) is 18.2 Å². The Hall–Kier alpha value is -2.62. The lowest BCUT2D eigenvalue weighted by molar-refractivity contribution is -0.121. The first-order chi connectivity index (χ1) is 10.7. The second-order valence-electron chi connectivity index (χ2n) is 6.00. The van der Waals surface area contributed by atoms with Gasteiger partial charge in [0, 0.05) is 24.7 Å². The van der Waals surface area contributed by atoms with Crippen molar-refractivity contribution in [1.82, 2.24) is 16.0 Å². The highest BCUT2D eigenvalue weighted by Gasteiger charge is 2.13. The van der Waals surface area contributed by atoms with Gasteiger partial charge in [-0.25, -0.2) is 4.39 Å². The molecule has 1 aromatic carbocycles. The Morgan fingerprint density at radius 2 is 2.04 bits per heavy atom.